The molecule has 6 nitrogen and oxygen atoms in total. The van der Waals surface area contributed by atoms with E-state index in [9.17, 15) is 9.50 Å². The molecule has 0 unspecified atom stereocenters. The summed E-state index contributed by atoms with van der Waals surface area (Å²) in [7, 11) is 5.41. The second kappa shape index (κ2) is 8.16. The Bertz CT molecular complexity index is 747. The summed E-state index contributed by atoms with van der Waals surface area (Å²) < 4.78 is 21.5. The lowest BCUT2D eigenvalue weighted by molar-refractivity contribution is 0.133. The maximum Gasteiger partial charge on any atom is 0.131 e. The molecule has 2 heterocycles. The van der Waals surface area contributed by atoms with Crippen LogP contribution in [0.2, 0.25) is 0 Å². The van der Waals surface area contributed by atoms with Crippen molar-refractivity contribution in [3.05, 3.63) is 47.0 Å². The SMILES string of the molecule is COc1cccc(F)c1CN1CCCn2nc([C@H](O)CN(C)C)cc2C1. The molecule has 1 atom stereocenters. The molecule has 142 valence electrons. The highest BCUT2D eigenvalue weighted by molar-refractivity contribution is 5.34. The first-order valence-corrected chi connectivity index (χ1v) is 8.91. The Morgan fingerprint density at radius 3 is 2.88 bits per heavy atom. The van der Waals surface area contributed by atoms with E-state index in [-0.39, 0.29) is 5.82 Å². The number of fused-ring (bicyclic) bond motifs is 1. The Morgan fingerprint density at radius 2 is 2.15 bits per heavy atom. The van der Waals surface area contributed by atoms with Crippen molar-refractivity contribution in [2.45, 2.75) is 32.2 Å². The molecular weight excluding hydrogens is 335 g/mol. The highest BCUT2D eigenvalue weighted by Crippen LogP contribution is 2.25. The molecule has 7 heteroatoms. The lowest BCUT2D eigenvalue weighted by Crippen LogP contribution is -2.23. The number of hydrogen-bond donors (Lipinski definition) is 1. The Morgan fingerprint density at radius 1 is 1.35 bits per heavy atom. The third kappa shape index (κ3) is 4.23. The van der Waals surface area contributed by atoms with Crippen LogP contribution in [0.4, 0.5) is 4.39 Å². The summed E-state index contributed by atoms with van der Waals surface area (Å²) >= 11 is 0. The Kier molecular flexibility index (Phi) is 5.90. The standard InChI is InChI=1S/C19H27FN4O2/c1-22(2)13-18(25)17-10-14-11-23(8-5-9-24(14)21-17)12-15-16(20)6-4-7-19(15)26-3/h4,6-7,10,18,25H,5,8-9,11-13H2,1-3H3/t18-/m1/s1. The van der Waals surface area contributed by atoms with Crippen LogP contribution in [-0.4, -0.2) is 59.0 Å². The number of aliphatic hydroxyl groups is 1. The van der Waals surface area contributed by atoms with E-state index in [0.717, 1.165) is 25.2 Å². The Balaban J connectivity index is 1.77. The third-order valence-corrected chi connectivity index (χ3v) is 4.67. The van der Waals surface area contributed by atoms with Crippen LogP contribution >= 0.6 is 0 Å². The van der Waals surface area contributed by atoms with Crippen molar-refractivity contribution >= 4 is 0 Å². The van der Waals surface area contributed by atoms with Gasteiger partial charge in [0.05, 0.1) is 18.5 Å². The summed E-state index contributed by atoms with van der Waals surface area (Å²) in [4.78, 5) is 4.13. The summed E-state index contributed by atoms with van der Waals surface area (Å²) in [6, 6.07) is 6.88. The first-order chi connectivity index (χ1) is 12.5. The van der Waals surface area contributed by atoms with E-state index in [4.69, 9.17) is 4.74 Å². The van der Waals surface area contributed by atoms with Gasteiger partial charge in [-0.1, -0.05) is 6.07 Å². The number of aromatic nitrogens is 2. The molecule has 0 saturated carbocycles. The number of rotatable bonds is 6. The second-order valence-electron chi connectivity index (χ2n) is 7.05. The summed E-state index contributed by atoms with van der Waals surface area (Å²) in [5.74, 6) is 0.328. The summed E-state index contributed by atoms with van der Waals surface area (Å²) in [6.45, 7) is 3.34. The van der Waals surface area contributed by atoms with Crippen LogP contribution in [0.25, 0.3) is 0 Å². The van der Waals surface area contributed by atoms with Gasteiger partial charge in [-0.25, -0.2) is 4.39 Å². The molecule has 0 radical (unpaired) electrons. The van der Waals surface area contributed by atoms with Gasteiger partial charge in [-0.15, -0.1) is 0 Å². The van der Waals surface area contributed by atoms with E-state index < -0.39 is 6.10 Å². The van der Waals surface area contributed by atoms with Crippen LogP contribution in [0, 0.1) is 5.82 Å². The van der Waals surface area contributed by atoms with Gasteiger partial charge in [0.25, 0.3) is 0 Å². The van der Waals surface area contributed by atoms with Gasteiger partial charge >= 0.3 is 0 Å². The molecule has 1 aliphatic rings. The second-order valence-corrected chi connectivity index (χ2v) is 7.05. The average molecular weight is 362 g/mol. The van der Waals surface area contributed by atoms with E-state index in [1.165, 1.54) is 6.07 Å². The zero-order valence-corrected chi connectivity index (χ0v) is 15.7. The molecule has 1 N–H and O–H groups in total. The number of benzene rings is 1. The average Bonchev–Trinajstić information content (AvgIpc) is 2.89. The topological polar surface area (TPSA) is 53.8 Å². The highest BCUT2D eigenvalue weighted by atomic mass is 19.1. The zero-order valence-electron chi connectivity index (χ0n) is 15.7. The fourth-order valence-corrected chi connectivity index (χ4v) is 3.40. The van der Waals surface area contributed by atoms with Crippen molar-refractivity contribution in [2.24, 2.45) is 0 Å². The molecule has 2 aromatic rings. The third-order valence-electron chi connectivity index (χ3n) is 4.67. The maximum atomic E-state index is 14.3. The fraction of sp³-hybridized carbons (Fsp3) is 0.526. The first-order valence-electron chi connectivity index (χ1n) is 8.91. The van der Waals surface area contributed by atoms with Crippen LogP contribution in [0.1, 0.15) is 29.5 Å². The van der Waals surface area contributed by atoms with E-state index in [2.05, 4.69) is 10.00 Å². The van der Waals surface area contributed by atoms with Crippen molar-refractivity contribution in [1.82, 2.24) is 19.6 Å². The maximum absolute atomic E-state index is 14.3. The number of hydrogen-bond acceptors (Lipinski definition) is 5. The van der Waals surface area contributed by atoms with Crippen molar-refractivity contribution < 1.29 is 14.2 Å². The normalized spacial score (nSPS) is 16.4. The molecule has 3 rings (SSSR count). The van der Waals surface area contributed by atoms with Gasteiger partial charge in [0.1, 0.15) is 17.7 Å². The van der Waals surface area contributed by atoms with Crippen molar-refractivity contribution in [2.75, 3.05) is 34.3 Å². The molecule has 0 aliphatic carbocycles. The first kappa shape index (κ1) is 18.8. The molecule has 0 bridgehead atoms. The Hall–Kier alpha value is -1.96. The lowest BCUT2D eigenvalue weighted by atomic mass is 10.1. The van der Waals surface area contributed by atoms with Gasteiger partial charge in [-0.05, 0) is 38.7 Å². The number of aliphatic hydroxyl groups excluding tert-OH is 1. The van der Waals surface area contributed by atoms with Crippen LogP contribution in [0.5, 0.6) is 5.75 Å². The van der Waals surface area contributed by atoms with Crippen LogP contribution < -0.4 is 4.74 Å². The molecule has 26 heavy (non-hydrogen) atoms. The fourth-order valence-electron chi connectivity index (χ4n) is 3.40. The van der Waals surface area contributed by atoms with Gasteiger partial charge in [0, 0.05) is 38.3 Å². The minimum atomic E-state index is -0.607. The number of likely N-dealkylation sites (N-methyl/N-ethyl adjacent to an activating group) is 1. The van der Waals surface area contributed by atoms with Crippen molar-refractivity contribution in [3.8, 4) is 5.75 Å². The predicted octanol–water partition coefficient (Wildman–Crippen LogP) is 2.03. The molecule has 1 aromatic heterocycles. The van der Waals surface area contributed by atoms with Crippen molar-refractivity contribution in [3.63, 3.8) is 0 Å². The van der Waals surface area contributed by atoms with Gasteiger partial charge < -0.3 is 14.7 Å². The van der Waals surface area contributed by atoms with E-state index in [0.29, 0.717) is 36.6 Å². The Labute approximate surface area is 153 Å². The summed E-state index contributed by atoms with van der Waals surface area (Å²) in [5.41, 5.74) is 2.32. The van der Waals surface area contributed by atoms with Gasteiger partial charge in [-0.2, -0.15) is 5.10 Å². The zero-order chi connectivity index (χ0) is 18.7. The number of methoxy groups -OCH3 is 1. The molecule has 0 amide bonds. The van der Waals surface area contributed by atoms with Crippen molar-refractivity contribution in [1.29, 1.82) is 0 Å². The lowest BCUT2D eigenvalue weighted by Gasteiger charge is -2.21. The van der Waals surface area contributed by atoms with E-state index in [1.807, 2.05) is 29.7 Å². The summed E-state index contributed by atoms with van der Waals surface area (Å²) in [5, 5.41) is 14.9. The summed E-state index contributed by atoms with van der Waals surface area (Å²) in [6.07, 6.45) is 0.318. The molecule has 1 aromatic carbocycles. The molecular formula is C19H27FN4O2. The minimum Gasteiger partial charge on any atom is -0.496 e. The van der Waals surface area contributed by atoms with E-state index >= 15 is 0 Å². The van der Waals surface area contributed by atoms with Crippen LogP contribution in [0.15, 0.2) is 24.3 Å². The van der Waals surface area contributed by atoms with Crippen LogP contribution in [0.3, 0.4) is 0 Å². The number of nitrogens with zero attached hydrogens (tertiary/aromatic N) is 4. The smallest absolute Gasteiger partial charge is 0.131 e. The molecule has 0 saturated heterocycles. The minimum absolute atomic E-state index is 0.246. The number of aryl methyl sites for hydroxylation is 1. The number of halogens is 1. The van der Waals surface area contributed by atoms with Gasteiger partial charge in [-0.3, -0.25) is 9.58 Å². The quantitative estimate of drug-likeness (QED) is 0.852. The molecule has 0 spiro atoms. The molecule has 1 aliphatic heterocycles. The largest absolute Gasteiger partial charge is 0.496 e. The predicted molar refractivity (Wildman–Crippen MR) is 97.4 cm³/mol. The highest BCUT2D eigenvalue weighted by Gasteiger charge is 2.22. The van der Waals surface area contributed by atoms with Crippen LogP contribution in [-0.2, 0) is 19.6 Å². The monoisotopic (exact) mass is 362 g/mol. The number of ether oxygens (including phenoxy) is 1. The van der Waals surface area contributed by atoms with Gasteiger partial charge in [0.2, 0.25) is 0 Å². The van der Waals surface area contributed by atoms with E-state index in [1.54, 1.807) is 19.2 Å². The molecule has 0 fully saturated rings. The van der Waals surface area contributed by atoms with Gasteiger partial charge in [0.15, 0.2) is 0 Å².